The lowest BCUT2D eigenvalue weighted by Gasteiger charge is -2.39. The van der Waals surface area contributed by atoms with Crippen LogP contribution in [0.2, 0.25) is 0 Å². The van der Waals surface area contributed by atoms with Gasteiger partial charge in [0.2, 0.25) is 0 Å². The monoisotopic (exact) mass is 281 g/mol. The van der Waals surface area contributed by atoms with Crippen molar-refractivity contribution in [2.24, 2.45) is 17.3 Å². The van der Waals surface area contributed by atoms with Crippen LogP contribution in [0.5, 0.6) is 0 Å². The zero-order chi connectivity index (χ0) is 14.6. The highest BCUT2D eigenvalue weighted by Crippen LogP contribution is 2.40. The summed E-state index contributed by atoms with van der Waals surface area (Å²) >= 11 is 0. The summed E-state index contributed by atoms with van der Waals surface area (Å²) in [6.07, 6.45) is 9.82. The highest BCUT2D eigenvalue weighted by molar-refractivity contribution is 4.86. The highest BCUT2D eigenvalue weighted by Gasteiger charge is 2.32. The molecule has 0 amide bonds. The molecule has 118 valence electrons. The predicted octanol–water partition coefficient (Wildman–Crippen LogP) is 4.39. The van der Waals surface area contributed by atoms with Crippen molar-refractivity contribution in [2.45, 2.75) is 84.8 Å². The third-order valence-electron chi connectivity index (χ3n) is 6.16. The largest absolute Gasteiger partial charge is 0.378 e. The van der Waals surface area contributed by atoms with E-state index in [1.54, 1.807) is 0 Å². The van der Waals surface area contributed by atoms with E-state index in [-0.39, 0.29) is 0 Å². The third-order valence-corrected chi connectivity index (χ3v) is 6.16. The number of hydrogen-bond donors (Lipinski definition) is 1. The minimum atomic E-state index is 0.512. The Morgan fingerprint density at radius 2 is 1.75 bits per heavy atom. The SMILES string of the molecule is CCC1OCCC1CNC1CCC(C(C)(C)CC)CC1. The van der Waals surface area contributed by atoms with E-state index in [1.165, 1.54) is 51.5 Å². The van der Waals surface area contributed by atoms with Crippen LogP contribution >= 0.6 is 0 Å². The van der Waals surface area contributed by atoms with Gasteiger partial charge in [-0.25, -0.2) is 0 Å². The minimum absolute atomic E-state index is 0.512. The molecule has 0 bridgehead atoms. The van der Waals surface area contributed by atoms with E-state index in [0.29, 0.717) is 11.5 Å². The summed E-state index contributed by atoms with van der Waals surface area (Å²) in [4.78, 5) is 0. The number of ether oxygens (including phenoxy) is 1. The Morgan fingerprint density at radius 1 is 1.05 bits per heavy atom. The smallest absolute Gasteiger partial charge is 0.0613 e. The van der Waals surface area contributed by atoms with Crippen molar-refractivity contribution in [3.05, 3.63) is 0 Å². The first-order chi connectivity index (χ1) is 9.56. The molecule has 2 rings (SSSR count). The minimum Gasteiger partial charge on any atom is -0.378 e. The fourth-order valence-electron chi connectivity index (χ4n) is 4.06. The third kappa shape index (κ3) is 3.98. The molecule has 1 N–H and O–H groups in total. The molecule has 2 heteroatoms. The van der Waals surface area contributed by atoms with Crippen molar-refractivity contribution in [2.75, 3.05) is 13.2 Å². The molecule has 1 saturated heterocycles. The second-order valence-electron chi connectivity index (χ2n) is 7.67. The van der Waals surface area contributed by atoms with Crippen LogP contribution in [-0.2, 0) is 4.74 Å². The number of rotatable bonds is 6. The lowest BCUT2D eigenvalue weighted by molar-refractivity contribution is 0.0847. The Hall–Kier alpha value is -0.0800. The summed E-state index contributed by atoms with van der Waals surface area (Å²) in [6.45, 7) is 11.6. The number of hydrogen-bond acceptors (Lipinski definition) is 2. The molecule has 2 fully saturated rings. The lowest BCUT2D eigenvalue weighted by Crippen LogP contribution is -2.40. The summed E-state index contributed by atoms with van der Waals surface area (Å²) < 4.78 is 5.79. The molecule has 0 aromatic heterocycles. The molecule has 1 heterocycles. The molecule has 20 heavy (non-hydrogen) atoms. The first kappa shape index (κ1) is 16.3. The van der Waals surface area contributed by atoms with Gasteiger partial charge in [0.05, 0.1) is 6.10 Å². The van der Waals surface area contributed by atoms with Gasteiger partial charge in [-0.1, -0.05) is 34.1 Å². The maximum Gasteiger partial charge on any atom is 0.0613 e. The van der Waals surface area contributed by atoms with E-state index in [2.05, 4.69) is 33.0 Å². The summed E-state index contributed by atoms with van der Waals surface area (Å²) in [6, 6.07) is 0.761. The second kappa shape index (κ2) is 7.26. The zero-order valence-electron chi connectivity index (χ0n) is 14.1. The van der Waals surface area contributed by atoms with Crippen molar-refractivity contribution in [1.29, 1.82) is 0 Å². The van der Waals surface area contributed by atoms with E-state index in [9.17, 15) is 0 Å². The quantitative estimate of drug-likeness (QED) is 0.780. The van der Waals surface area contributed by atoms with Gasteiger partial charge >= 0.3 is 0 Å². The van der Waals surface area contributed by atoms with E-state index in [1.807, 2.05) is 0 Å². The van der Waals surface area contributed by atoms with Gasteiger partial charge in [-0.05, 0) is 55.8 Å². The fourth-order valence-corrected chi connectivity index (χ4v) is 4.06. The van der Waals surface area contributed by atoms with Gasteiger partial charge in [0.25, 0.3) is 0 Å². The van der Waals surface area contributed by atoms with Gasteiger partial charge in [0.15, 0.2) is 0 Å². The van der Waals surface area contributed by atoms with Crippen LogP contribution in [0.1, 0.15) is 72.6 Å². The first-order valence-electron chi connectivity index (χ1n) is 8.91. The average molecular weight is 281 g/mol. The van der Waals surface area contributed by atoms with E-state index in [4.69, 9.17) is 4.74 Å². The van der Waals surface area contributed by atoms with E-state index >= 15 is 0 Å². The Balaban J connectivity index is 1.70. The predicted molar refractivity (Wildman–Crippen MR) is 86.0 cm³/mol. The van der Waals surface area contributed by atoms with Crippen LogP contribution in [0.25, 0.3) is 0 Å². The molecule has 0 spiro atoms. The highest BCUT2D eigenvalue weighted by atomic mass is 16.5. The van der Waals surface area contributed by atoms with Gasteiger partial charge in [-0.2, -0.15) is 0 Å². The molecule has 1 saturated carbocycles. The molecule has 2 unspecified atom stereocenters. The van der Waals surface area contributed by atoms with Crippen LogP contribution in [0.4, 0.5) is 0 Å². The Labute approximate surface area is 126 Å². The molecule has 0 aromatic rings. The van der Waals surface area contributed by atoms with E-state index < -0.39 is 0 Å². The van der Waals surface area contributed by atoms with Crippen LogP contribution in [-0.4, -0.2) is 25.3 Å². The van der Waals surface area contributed by atoms with E-state index in [0.717, 1.165) is 24.5 Å². The van der Waals surface area contributed by atoms with Crippen LogP contribution in [0.15, 0.2) is 0 Å². The van der Waals surface area contributed by atoms with Gasteiger partial charge in [-0.15, -0.1) is 0 Å². The molecular weight excluding hydrogens is 246 g/mol. The Kier molecular flexibility index (Phi) is 5.92. The van der Waals surface area contributed by atoms with Crippen molar-refractivity contribution in [1.82, 2.24) is 5.32 Å². The fraction of sp³-hybridized carbons (Fsp3) is 1.00. The van der Waals surface area contributed by atoms with Crippen LogP contribution < -0.4 is 5.32 Å². The van der Waals surface area contributed by atoms with Gasteiger partial charge in [0.1, 0.15) is 0 Å². The molecular formula is C18H35NO. The molecule has 1 aliphatic heterocycles. The summed E-state index contributed by atoms with van der Waals surface area (Å²) in [7, 11) is 0. The van der Waals surface area contributed by atoms with Crippen molar-refractivity contribution >= 4 is 0 Å². The molecule has 2 atom stereocenters. The average Bonchev–Trinajstić information content (AvgIpc) is 2.93. The molecule has 0 radical (unpaired) electrons. The van der Waals surface area contributed by atoms with Crippen molar-refractivity contribution in [3.8, 4) is 0 Å². The van der Waals surface area contributed by atoms with Gasteiger partial charge in [-0.3, -0.25) is 0 Å². The first-order valence-corrected chi connectivity index (χ1v) is 8.91. The normalized spacial score (nSPS) is 35.4. The maximum absolute atomic E-state index is 5.79. The zero-order valence-corrected chi connectivity index (χ0v) is 14.1. The summed E-state index contributed by atoms with van der Waals surface area (Å²) in [5.74, 6) is 1.69. The summed E-state index contributed by atoms with van der Waals surface area (Å²) in [5, 5.41) is 3.84. The second-order valence-corrected chi connectivity index (χ2v) is 7.67. The maximum atomic E-state index is 5.79. The van der Waals surface area contributed by atoms with Crippen molar-refractivity contribution in [3.63, 3.8) is 0 Å². The van der Waals surface area contributed by atoms with Crippen molar-refractivity contribution < 1.29 is 4.74 Å². The Morgan fingerprint density at radius 3 is 2.35 bits per heavy atom. The molecule has 0 aromatic carbocycles. The lowest BCUT2D eigenvalue weighted by atomic mass is 9.69. The molecule has 1 aliphatic carbocycles. The van der Waals surface area contributed by atoms with Gasteiger partial charge < -0.3 is 10.1 Å². The topological polar surface area (TPSA) is 21.3 Å². The Bertz CT molecular complexity index is 281. The van der Waals surface area contributed by atoms with Crippen LogP contribution in [0.3, 0.4) is 0 Å². The summed E-state index contributed by atoms with van der Waals surface area (Å²) in [5.41, 5.74) is 0.539. The van der Waals surface area contributed by atoms with Gasteiger partial charge in [0, 0.05) is 19.2 Å². The van der Waals surface area contributed by atoms with Crippen LogP contribution in [0, 0.1) is 17.3 Å². The standard InChI is InChI=1S/C18H35NO/c1-5-17-14(11-12-20-17)13-19-16-9-7-15(8-10-16)18(3,4)6-2/h14-17,19H,5-13H2,1-4H3. The molecule has 2 aliphatic rings. The number of nitrogens with one attached hydrogen (secondary N) is 1. The molecule has 2 nitrogen and oxygen atoms in total.